The maximum absolute atomic E-state index is 13.0. The zero-order chi connectivity index (χ0) is 21.1. The van der Waals surface area contributed by atoms with Crippen LogP contribution in [-0.2, 0) is 13.6 Å². The van der Waals surface area contributed by atoms with E-state index in [9.17, 15) is 14.0 Å². The summed E-state index contributed by atoms with van der Waals surface area (Å²) in [5, 5.41) is 3.53. The van der Waals surface area contributed by atoms with Crippen LogP contribution in [0.3, 0.4) is 0 Å². The number of nitrogens with zero attached hydrogens (tertiary/aromatic N) is 2. The minimum absolute atomic E-state index is 0.242. The van der Waals surface area contributed by atoms with Gasteiger partial charge in [0.1, 0.15) is 11.6 Å². The third-order valence-electron chi connectivity index (χ3n) is 4.69. The SMILES string of the molecule is Cn1c(=O)cc(C(=O)NCc2ccc(Oc3ccc(F)cc3)nc2)c2ccccc21. The summed E-state index contributed by atoms with van der Waals surface area (Å²) < 4.78 is 20.0. The Morgan fingerprint density at radius 3 is 2.60 bits per heavy atom. The van der Waals surface area contributed by atoms with E-state index in [4.69, 9.17) is 4.74 Å². The average molecular weight is 403 g/mol. The van der Waals surface area contributed by atoms with Crippen molar-refractivity contribution in [2.24, 2.45) is 7.05 Å². The van der Waals surface area contributed by atoms with E-state index in [1.54, 1.807) is 31.4 Å². The molecule has 4 rings (SSSR count). The Morgan fingerprint density at radius 1 is 1.10 bits per heavy atom. The van der Waals surface area contributed by atoms with Crippen LogP contribution in [0.2, 0.25) is 0 Å². The van der Waals surface area contributed by atoms with Crippen molar-refractivity contribution in [2.45, 2.75) is 6.54 Å². The number of para-hydroxylation sites is 1. The van der Waals surface area contributed by atoms with Gasteiger partial charge in [-0.15, -0.1) is 0 Å². The number of rotatable bonds is 5. The second-order valence-corrected chi connectivity index (χ2v) is 6.72. The number of ether oxygens (including phenoxy) is 1. The quantitative estimate of drug-likeness (QED) is 0.550. The molecule has 30 heavy (non-hydrogen) atoms. The summed E-state index contributed by atoms with van der Waals surface area (Å²) in [6.45, 7) is 0.242. The normalized spacial score (nSPS) is 10.7. The van der Waals surface area contributed by atoms with Gasteiger partial charge in [0, 0.05) is 37.3 Å². The first kappa shape index (κ1) is 19.3. The zero-order valence-electron chi connectivity index (χ0n) is 16.1. The van der Waals surface area contributed by atoms with Crippen LogP contribution >= 0.6 is 0 Å². The third-order valence-corrected chi connectivity index (χ3v) is 4.69. The molecule has 0 aliphatic carbocycles. The fourth-order valence-electron chi connectivity index (χ4n) is 3.08. The predicted octanol–water partition coefficient (Wildman–Crippen LogP) is 3.79. The first-order chi connectivity index (χ1) is 14.5. The second kappa shape index (κ2) is 8.16. The molecule has 1 amide bonds. The smallest absolute Gasteiger partial charge is 0.252 e. The lowest BCUT2D eigenvalue weighted by atomic mass is 10.1. The number of aromatic nitrogens is 2. The van der Waals surface area contributed by atoms with Gasteiger partial charge in [0.15, 0.2) is 0 Å². The molecular formula is C23H18FN3O3. The van der Waals surface area contributed by atoms with E-state index in [0.717, 1.165) is 5.56 Å². The number of halogens is 1. The van der Waals surface area contributed by atoms with Gasteiger partial charge in [-0.1, -0.05) is 24.3 Å². The molecular weight excluding hydrogens is 385 g/mol. The Balaban J connectivity index is 1.45. The van der Waals surface area contributed by atoms with E-state index in [2.05, 4.69) is 10.3 Å². The van der Waals surface area contributed by atoms with Gasteiger partial charge < -0.3 is 14.6 Å². The van der Waals surface area contributed by atoms with Gasteiger partial charge in [0.05, 0.1) is 11.1 Å². The summed E-state index contributed by atoms with van der Waals surface area (Å²) in [4.78, 5) is 29.1. The maximum Gasteiger partial charge on any atom is 0.252 e. The van der Waals surface area contributed by atoms with Crippen molar-refractivity contribution in [3.8, 4) is 11.6 Å². The van der Waals surface area contributed by atoms with E-state index in [1.165, 1.54) is 34.9 Å². The topological polar surface area (TPSA) is 73.2 Å². The summed E-state index contributed by atoms with van der Waals surface area (Å²) in [5.74, 6) is 0.151. The van der Waals surface area contributed by atoms with E-state index in [1.807, 2.05) is 18.2 Å². The molecule has 0 radical (unpaired) electrons. The Hall–Kier alpha value is -4.00. The number of benzene rings is 2. The lowest BCUT2D eigenvalue weighted by molar-refractivity contribution is 0.0952. The van der Waals surface area contributed by atoms with E-state index >= 15 is 0 Å². The minimum atomic E-state index is -0.342. The van der Waals surface area contributed by atoms with Crippen LogP contribution < -0.4 is 15.6 Å². The monoisotopic (exact) mass is 403 g/mol. The number of nitrogens with one attached hydrogen (secondary N) is 1. The number of aryl methyl sites for hydroxylation is 1. The number of fused-ring (bicyclic) bond motifs is 1. The van der Waals surface area contributed by atoms with Gasteiger partial charge in [-0.25, -0.2) is 9.37 Å². The van der Waals surface area contributed by atoms with Crippen molar-refractivity contribution < 1.29 is 13.9 Å². The highest BCUT2D eigenvalue weighted by atomic mass is 19.1. The fourth-order valence-corrected chi connectivity index (χ4v) is 3.08. The van der Waals surface area contributed by atoms with Crippen LogP contribution in [0.1, 0.15) is 15.9 Å². The van der Waals surface area contributed by atoms with Crippen molar-refractivity contribution in [1.29, 1.82) is 0 Å². The molecule has 2 heterocycles. The van der Waals surface area contributed by atoms with Gasteiger partial charge in [-0.05, 0) is 35.9 Å². The molecule has 0 fully saturated rings. The van der Waals surface area contributed by atoms with Crippen molar-refractivity contribution in [3.63, 3.8) is 0 Å². The largest absolute Gasteiger partial charge is 0.439 e. The van der Waals surface area contributed by atoms with Crippen molar-refractivity contribution in [2.75, 3.05) is 0 Å². The molecule has 0 saturated carbocycles. The van der Waals surface area contributed by atoms with Crippen LogP contribution in [0.15, 0.2) is 77.7 Å². The molecule has 0 atom stereocenters. The van der Waals surface area contributed by atoms with Gasteiger partial charge >= 0.3 is 0 Å². The van der Waals surface area contributed by atoms with E-state index in [0.29, 0.717) is 28.1 Å². The average Bonchev–Trinajstić information content (AvgIpc) is 2.77. The molecule has 2 aromatic heterocycles. The number of hydrogen-bond donors (Lipinski definition) is 1. The van der Waals surface area contributed by atoms with Crippen LogP contribution in [0.4, 0.5) is 4.39 Å². The summed E-state index contributed by atoms with van der Waals surface area (Å²) in [6.07, 6.45) is 1.58. The molecule has 0 spiro atoms. The molecule has 150 valence electrons. The summed E-state index contributed by atoms with van der Waals surface area (Å²) >= 11 is 0. The molecule has 0 aliphatic heterocycles. The molecule has 0 unspecified atom stereocenters. The van der Waals surface area contributed by atoms with E-state index in [-0.39, 0.29) is 23.8 Å². The van der Waals surface area contributed by atoms with Gasteiger partial charge in [0.2, 0.25) is 5.88 Å². The van der Waals surface area contributed by atoms with Crippen molar-refractivity contribution >= 4 is 16.8 Å². The highest BCUT2D eigenvalue weighted by molar-refractivity contribution is 6.06. The van der Waals surface area contributed by atoms with Gasteiger partial charge in [-0.3, -0.25) is 9.59 Å². The van der Waals surface area contributed by atoms with Gasteiger partial charge in [-0.2, -0.15) is 0 Å². The Bertz CT molecular complexity index is 1270. The summed E-state index contributed by atoms with van der Waals surface area (Å²) in [7, 11) is 1.67. The highest BCUT2D eigenvalue weighted by Crippen LogP contribution is 2.20. The van der Waals surface area contributed by atoms with Crippen LogP contribution in [-0.4, -0.2) is 15.5 Å². The number of carbonyl (C=O) groups excluding carboxylic acids is 1. The number of pyridine rings is 2. The Labute approximate surface area is 171 Å². The maximum atomic E-state index is 13.0. The molecule has 1 N–H and O–H groups in total. The molecule has 2 aromatic carbocycles. The standard InChI is InChI=1S/C23H18FN3O3/c1-27-20-5-3-2-4-18(20)19(12-22(27)28)23(29)26-14-15-6-11-21(25-13-15)30-17-9-7-16(24)8-10-17/h2-13H,14H2,1H3,(H,26,29). The molecule has 0 aliphatic rings. The molecule has 6 nitrogen and oxygen atoms in total. The van der Waals surface area contributed by atoms with Crippen LogP contribution in [0.5, 0.6) is 11.6 Å². The first-order valence-corrected chi connectivity index (χ1v) is 9.26. The first-order valence-electron chi connectivity index (χ1n) is 9.26. The van der Waals surface area contributed by atoms with Crippen LogP contribution in [0.25, 0.3) is 10.9 Å². The van der Waals surface area contributed by atoms with Crippen molar-refractivity contribution in [1.82, 2.24) is 14.9 Å². The van der Waals surface area contributed by atoms with E-state index < -0.39 is 0 Å². The molecule has 4 aromatic rings. The number of amides is 1. The third kappa shape index (κ3) is 4.05. The van der Waals surface area contributed by atoms with Gasteiger partial charge in [0.25, 0.3) is 11.5 Å². The lowest BCUT2D eigenvalue weighted by Gasteiger charge is -2.11. The second-order valence-electron chi connectivity index (χ2n) is 6.72. The highest BCUT2D eigenvalue weighted by Gasteiger charge is 2.13. The summed E-state index contributed by atoms with van der Waals surface area (Å²) in [5.41, 5.74) is 1.54. The molecule has 0 saturated heterocycles. The predicted molar refractivity (Wildman–Crippen MR) is 111 cm³/mol. The summed E-state index contributed by atoms with van der Waals surface area (Å²) in [6, 6.07) is 17.7. The number of hydrogen-bond acceptors (Lipinski definition) is 4. The van der Waals surface area contributed by atoms with Crippen molar-refractivity contribution in [3.05, 3.63) is 100 Å². The molecule has 7 heteroatoms. The lowest BCUT2D eigenvalue weighted by Crippen LogP contribution is -2.26. The van der Waals surface area contributed by atoms with Crippen LogP contribution in [0, 0.1) is 5.82 Å². The molecule has 0 bridgehead atoms. The minimum Gasteiger partial charge on any atom is -0.439 e. The Kier molecular flexibility index (Phi) is 5.26. The Morgan fingerprint density at radius 2 is 1.87 bits per heavy atom. The number of carbonyl (C=O) groups is 1. The zero-order valence-corrected chi connectivity index (χ0v) is 16.1. The fraction of sp³-hybridized carbons (Fsp3) is 0.0870.